The fraction of sp³-hybridized carbons (Fsp3) is 0.233. The van der Waals surface area contributed by atoms with Crippen molar-refractivity contribution in [2.24, 2.45) is 0 Å². The molecular weight excluding hydrogens is 530 g/mol. The number of unbranched alkanes of at least 4 members (excludes halogenated alkanes) is 1. The normalized spacial score (nSPS) is 14.5. The van der Waals surface area contributed by atoms with Gasteiger partial charge in [-0.2, -0.15) is 4.98 Å². The third-order valence-corrected chi connectivity index (χ3v) is 7.49. The number of anilines is 2. The maximum Gasteiger partial charge on any atom is 0.255 e. The van der Waals surface area contributed by atoms with Crippen molar-refractivity contribution in [3.8, 4) is 5.75 Å². The number of carbonyl (C=O) groups is 1. The molecule has 5 rings (SSSR count). The van der Waals surface area contributed by atoms with E-state index in [1.165, 1.54) is 0 Å². The van der Waals surface area contributed by atoms with E-state index in [9.17, 15) is 4.79 Å². The summed E-state index contributed by atoms with van der Waals surface area (Å²) in [6.07, 6.45) is 2.20. The van der Waals surface area contributed by atoms with Crippen LogP contribution < -0.4 is 15.4 Å². The van der Waals surface area contributed by atoms with Crippen LogP contribution in [0.15, 0.2) is 95.3 Å². The molecule has 0 radical (unpaired) electrons. The highest BCUT2D eigenvalue weighted by Gasteiger charge is 2.34. The molecule has 4 aromatic rings. The van der Waals surface area contributed by atoms with Crippen LogP contribution in [-0.2, 0) is 11.4 Å². The van der Waals surface area contributed by atoms with Crippen molar-refractivity contribution in [1.29, 1.82) is 0 Å². The summed E-state index contributed by atoms with van der Waals surface area (Å²) in [6, 6.07) is 24.4. The lowest BCUT2D eigenvalue weighted by Gasteiger charge is -2.28. The molecule has 0 fully saturated rings. The first-order chi connectivity index (χ1) is 19.0. The van der Waals surface area contributed by atoms with Gasteiger partial charge in [-0.1, -0.05) is 79.2 Å². The average Bonchev–Trinajstić information content (AvgIpc) is 3.34. The highest BCUT2D eigenvalue weighted by molar-refractivity contribution is 7.99. The molecule has 1 aliphatic heterocycles. The van der Waals surface area contributed by atoms with Gasteiger partial charge in [0.25, 0.3) is 5.91 Å². The molecule has 0 aliphatic carbocycles. The molecule has 0 bridgehead atoms. The summed E-state index contributed by atoms with van der Waals surface area (Å²) in [5.74, 6) is 2.09. The van der Waals surface area contributed by atoms with Crippen LogP contribution in [0.25, 0.3) is 0 Å². The number of nitrogens with zero attached hydrogens (tertiary/aromatic N) is 3. The molecule has 1 aromatic heterocycles. The minimum Gasteiger partial charge on any atom is -0.489 e. The molecule has 1 atom stereocenters. The highest BCUT2D eigenvalue weighted by Crippen LogP contribution is 2.37. The molecular formula is C30H30ClN5O2S. The number of amides is 1. The Morgan fingerprint density at radius 3 is 2.64 bits per heavy atom. The van der Waals surface area contributed by atoms with Crippen molar-refractivity contribution in [2.75, 3.05) is 16.4 Å². The Balaban J connectivity index is 1.43. The summed E-state index contributed by atoms with van der Waals surface area (Å²) in [5.41, 5.74) is 3.93. The monoisotopic (exact) mass is 559 g/mol. The summed E-state index contributed by atoms with van der Waals surface area (Å²) in [5, 5.41) is 12.5. The summed E-state index contributed by atoms with van der Waals surface area (Å²) >= 11 is 7.73. The Hall–Kier alpha value is -3.75. The number of aromatic nitrogens is 3. The number of halogens is 1. The fourth-order valence-electron chi connectivity index (χ4n) is 4.36. The summed E-state index contributed by atoms with van der Waals surface area (Å²) in [7, 11) is 0. The third kappa shape index (κ3) is 6.46. The van der Waals surface area contributed by atoms with E-state index in [4.69, 9.17) is 26.4 Å². The van der Waals surface area contributed by atoms with Gasteiger partial charge in [-0.25, -0.2) is 4.68 Å². The molecule has 3 aromatic carbocycles. The predicted octanol–water partition coefficient (Wildman–Crippen LogP) is 7.33. The Labute approximate surface area is 237 Å². The van der Waals surface area contributed by atoms with E-state index in [2.05, 4.69) is 17.6 Å². The first-order valence-electron chi connectivity index (χ1n) is 12.9. The number of para-hydroxylation sites is 1. The van der Waals surface area contributed by atoms with Crippen LogP contribution in [0.1, 0.15) is 43.9 Å². The van der Waals surface area contributed by atoms with Gasteiger partial charge in [0.1, 0.15) is 18.4 Å². The van der Waals surface area contributed by atoms with E-state index in [1.54, 1.807) is 11.8 Å². The Kier molecular flexibility index (Phi) is 8.54. The number of benzene rings is 3. The van der Waals surface area contributed by atoms with Crippen LogP contribution in [0.2, 0.25) is 5.02 Å². The lowest BCUT2D eigenvalue weighted by molar-refractivity contribution is -0.113. The zero-order valence-electron chi connectivity index (χ0n) is 21.9. The number of thioether (sulfide) groups is 1. The number of nitrogens with one attached hydrogen (secondary N) is 2. The molecule has 7 nitrogen and oxygen atoms in total. The zero-order valence-corrected chi connectivity index (χ0v) is 23.4. The highest BCUT2D eigenvalue weighted by atomic mass is 35.5. The van der Waals surface area contributed by atoms with Crippen molar-refractivity contribution in [1.82, 2.24) is 14.8 Å². The van der Waals surface area contributed by atoms with E-state index in [0.29, 0.717) is 28.3 Å². The van der Waals surface area contributed by atoms with E-state index in [1.807, 2.05) is 90.5 Å². The van der Waals surface area contributed by atoms with Crippen molar-refractivity contribution in [2.45, 2.75) is 44.5 Å². The van der Waals surface area contributed by atoms with Crippen molar-refractivity contribution in [3.63, 3.8) is 0 Å². The predicted molar refractivity (Wildman–Crippen MR) is 157 cm³/mol. The van der Waals surface area contributed by atoms with Crippen molar-refractivity contribution in [3.05, 3.63) is 106 Å². The maximum absolute atomic E-state index is 13.6. The Morgan fingerprint density at radius 1 is 1.10 bits per heavy atom. The minimum absolute atomic E-state index is 0.196. The van der Waals surface area contributed by atoms with Gasteiger partial charge < -0.3 is 15.4 Å². The van der Waals surface area contributed by atoms with E-state index in [0.717, 1.165) is 46.9 Å². The first kappa shape index (κ1) is 26.8. The van der Waals surface area contributed by atoms with Gasteiger partial charge in [-0.15, -0.1) is 5.10 Å². The summed E-state index contributed by atoms with van der Waals surface area (Å²) in [4.78, 5) is 18.3. The molecule has 2 N–H and O–H groups in total. The third-order valence-electron chi connectivity index (χ3n) is 6.33. The Morgan fingerprint density at radius 2 is 1.90 bits per heavy atom. The molecule has 0 spiro atoms. The topological polar surface area (TPSA) is 81.1 Å². The van der Waals surface area contributed by atoms with E-state index in [-0.39, 0.29) is 5.91 Å². The Bertz CT molecular complexity index is 1470. The molecule has 39 heavy (non-hydrogen) atoms. The largest absolute Gasteiger partial charge is 0.489 e. The number of hydrogen-bond acceptors (Lipinski definition) is 6. The van der Waals surface area contributed by atoms with Gasteiger partial charge in [-0.3, -0.25) is 4.79 Å². The lowest BCUT2D eigenvalue weighted by Crippen LogP contribution is -2.31. The van der Waals surface area contributed by atoms with Gasteiger partial charge in [-0.05, 0) is 60.9 Å². The van der Waals surface area contributed by atoms with E-state index >= 15 is 0 Å². The standard InChI is InChI=1S/C30H30ClN5O2S/c1-3-4-17-39-30-34-29-32-20(2)26(28(37)33-24-11-6-5-7-12-24)27(36(29)35-30)22-13-15-25(16-14-22)38-19-21-9-8-10-23(31)18-21/h5-16,18,27H,3-4,17,19H2,1-2H3,(H,33,37)(H,32,34,35). The lowest BCUT2D eigenvalue weighted by atomic mass is 9.95. The summed E-state index contributed by atoms with van der Waals surface area (Å²) in [6.45, 7) is 4.47. The van der Waals surface area contributed by atoms with E-state index < -0.39 is 6.04 Å². The van der Waals surface area contributed by atoms with Crippen LogP contribution in [0.3, 0.4) is 0 Å². The van der Waals surface area contributed by atoms with Gasteiger partial charge in [0.05, 0.1) is 5.57 Å². The smallest absolute Gasteiger partial charge is 0.255 e. The van der Waals surface area contributed by atoms with Gasteiger partial charge in [0, 0.05) is 22.2 Å². The number of carbonyl (C=O) groups excluding carboxylic acids is 1. The van der Waals surface area contributed by atoms with Crippen molar-refractivity contribution < 1.29 is 9.53 Å². The molecule has 0 saturated heterocycles. The number of allylic oxidation sites excluding steroid dienone is 1. The molecule has 200 valence electrons. The van der Waals surface area contributed by atoms with Gasteiger partial charge in [0.2, 0.25) is 11.1 Å². The molecule has 0 saturated carbocycles. The second kappa shape index (κ2) is 12.4. The first-order valence-corrected chi connectivity index (χ1v) is 14.3. The number of hydrogen-bond donors (Lipinski definition) is 2. The second-order valence-electron chi connectivity index (χ2n) is 9.24. The zero-order chi connectivity index (χ0) is 27.2. The van der Waals surface area contributed by atoms with Gasteiger partial charge >= 0.3 is 0 Å². The van der Waals surface area contributed by atoms with Crippen LogP contribution in [0.4, 0.5) is 11.6 Å². The van der Waals surface area contributed by atoms with Gasteiger partial charge in [0.15, 0.2) is 0 Å². The van der Waals surface area contributed by atoms with Crippen LogP contribution >= 0.6 is 23.4 Å². The second-order valence-corrected chi connectivity index (χ2v) is 10.7. The van der Waals surface area contributed by atoms with Crippen LogP contribution in [-0.4, -0.2) is 26.4 Å². The summed E-state index contributed by atoms with van der Waals surface area (Å²) < 4.78 is 7.80. The number of ether oxygens (including phenoxy) is 1. The van der Waals surface area contributed by atoms with Crippen molar-refractivity contribution >= 4 is 40.9 Å². The molecule has 2 heterocycles. The number of fused-ring (bicyclic) bond motifs is 1. The molecule has 1 aliphatic rings. The quantitative estimate of drug-likeness (QED) is 0.156. The van der Waals surface area contributed by atoms with Crippen LogP contribution in [0.5, 0.6) is 5.75 Å². The maximum atomic E-state index is 13.6. The van der Waals surface area contributed by atoms with Crippen LogP contribution in [0, 0.1) is 0 Å². The average molecular weight is 560 g/mol. The minimum atomic E-state index is -0.458. The molecule has 9 heteroatoms. The molecule has 1 unspecified atom stereocenters. The molecule has 1 amide bonds. The SMILES string of the molecule is CCCCSc1nc2n(n1)C(c1ccc(OCc3cccc(Cl)c3)cc1)C(C(=O)Nc1ccccc1)=C(C)N2. The fourth-order valence-corrected chi connectivity index (χ4v) is 5.49. The number of rotatable bonds is 10.